The van der Waals surface area contributed by atoms with Crippen LogP contribution >= 0.6 is 0 Å². The number of hydrogen-bond acceptors (Lipinski definition) is 5. The number of carbonyl (C=O) groups excluding carboxylic acids is 2. The molecule has 24 heavy (non-hydrogen) atoms. The fraction of sp³-hybridized carbons (Fsp3) is 0.467. The van der Waals surface area contributed by atoms with Gasteiger partial charge in [-0.1, -0.05) is 20.3 Å². The number of amides is 2. The number of nitrogens with zero attached hydrogens (tertiary/aromatic N) is 4. The number of anilines is 3. The van der Waals surface area contributed by atoms with Gasteiger partial charge in [0.25, 0.3) is 0 Å². The maximum absolute atomic E-state index is 10.2. The summed E-state index contributed by atoms with van der Waals surface area (Å²) in [5.41, 5.74) is 7.18. The normalized spacial score (nSPS) is 9.79. The quantitative estimate of drug-likeness (QED) is 0.630. The van der Waals surface area contributed by atoms with Gasteiger partial charge in [-0.15, -0.1) is 0 Å². The summed E-state index contributed by atoms with van der Waals surface area (Å²) in [6.45, 7) is 4.95. The summed E-state index contributed by atoms with van der Waals surface area (Å²) >= 11 is 0. The van der Waals surface area contributed by atoms with Gasteiger partial charge >= 0.3 is 0 Å². The van der Waals surface area contributed by atoms with Crippen molar-refractivity contribution in [2.24, 2.45) is 7.05 Å². The molecule has 0 atom stereocenters. The van der Waals surface area contributed by atoms with Crippen molar-refractivity contribution >= 4 is 30.1 Å². The molecule has 0 spiro atoms. The second kappa shape index (κ2) is 10.0. The molecule has 132 valence electrons. The largest absolute Gasteiger partial charge is 0.394 e. The van der Waals surface area contributed by atoms with Gasteiger partial charge in [-0.3, -0.25) is 14.3 Å². The van der Waals surface area contributed by atoms with Crippen molar-refractivity contribution in [2.45, 2.75) is 39.7 Å². The average Bonchev–Trinajstić information content (AvgIpc) is 3.10. The molecule has 0 radical (unpaired) electrons. The highest BCUT2D eigenvalue weighted by Crippen LogP contribution is 2.22. The summed E-state index contributed by atoms with van der Waals surface area (Å²) in [5, 5.41) is 13.3. The van der Waals surface area contributed by atoms with Crippen LogP contribution in [0.1, 0.15) is 32.4 Å². The SMILES string of the molecule is CCCc1nn(C)c(NC=O)c1N.CCCn1nccc1NC=O. The summed E-state index contributed by atoms with van der Waals surface area (Å²) in [7, 11) is 1.75. The Morgan fingerprint density at radius 3 is 2.50 bits per heavy atom. The van der Waals surface area contributed by atoms with Crippen molar-refractivity contribution in [3.8, 4) is 0 Å². The third kappa shape index (κ3) is 5.11. The van der Waals surface area contributed by atoms with Crippen LogP contribution in [-0.4, -0.2) is 32.4 Å². The predicted octanol–water partition coefficient (Wildman–Crippen LogP) is 1.38. The Morgan fingerprint density at radius 1 is 1.21 bits per heavy atom. The Hall–Kier alpha value is -2.84. The molecule has 4 N–H and O–H groups in total. The number of hydrogen-bond donors (Lipinski definition) is 3. The Balaban J connectivity index is 0.000000243. The minimum atomic E-state index is 0.566. The third-order valence-electron chi connectivity index (χ3n) is 3.20. The fourth-order valence-corrected chi connectivity index (χ4v) is 2.15. The van der Waals surface area contributed by atoms with E-state index in [0.717, 1.165) is 37.3 Å². The van der Waals surface area contributed by atoms with Crippen LogP contribution in [0.25, 0.3) is 0 Å². The molecule has 2 amide bonds. The second-order valence-corrected chi connectivity index (χ2v) is 5.05. The molecule has 0 bridgehead atoms. The Kier molecular flexibility index (Phi) is 8.03. The molecule has 2 rings (SSSR count). The molecular weight excluding hydrogens is 310 g/mol. The van der Waals surface area contributed by atoms with Crippen molar-refractivity contribution < 1.29 is 9.59 Å². The molecule has 0 aliphatic heterocycles. The fourth-order valence-electron chi connectivity index (χ4n) is 2.15. The molecule has 2 aromatic heterocycles. The van der Waals surface area contributed by atoms with Gasteiger partial charge in [0.05, 0.1) is 17.6 Å². The maximum atomic E-state index is 10.2. The zero-order valence-electron chi connectivity index (χ0n) is 14.3. The van der Waals surface area contributed by atoms with Gasteiger partial charge in [-0.25, -0.2) is 4.68 Å². The van der Waals surface area contributed by atoms with E-state index >= 15 is 0 Å². The highest BCUT2D eigenvalue weighted by molar-refractivity contribution is 5.78. The minimum Gasteiger partial charge on any atom is -0.394 e. The number of aryl methyl sites for hydroxylation is 3. The van der Waals surface area contributed by atoms with Crippen LogP contribution < -0.4 is 16.4 Å². The molecule has 0 fully saturated rings. The van der Waals surface area contributed by atoms with Gasteiger partial charge in [-0.2, -0.15) is 10.2 Å². The predicted molar refractivity (Wildman–Crippen MR) is 93.5 cm³/mol. The summed E-state index contributed by atoms with van der Waals surface area (Å²) in [6.07, 6.45) is 5.75. The first-order valence-electron chi connectivity index (χ1n) is 7.82. The first kappa shape index (κ1) is 19.2. The standard InChI is InChI=1S/C8H14N4O.C7H11N3O/c1-3-4-6-7(9)8(10-5-13)12(2)11-6;1-2-5-10-7(8-6-11)3-4-9-10/h5H,3-4,9H2,1-2H3,(H,10,13);3-4,6H,2,5H2,1H3,(H,8,11). The van der Waals surface area contributed by atoms with Crippen LogP contribution in [0.15, 0.2) is 12.3 Å². The highest BCUT2D eigenvalue weighted by Gasteiger charge is 2.11. The van der Waals surface area contributed by atoms with Crippen molar-refractivity contribution in [3.63, 3.8) is 0 Å². The number of nitrogens with one attached hydrogen (secondary N) is 2. The summed E-state index contributed by atoms with van der Waals surface area (Å²) < 4.78 is 3.34. The number of nitrogens with two attached hydrogens (primary N) is 1. The lowest BCUT2D eigenvalue weighted by Gasteiger charge is -2.02. The van der Waals surface area contributed by atoms with Crippen molar-refractivity contribution in [3.05, 3.63) is 18.0 Å². The van der Waals surface area contributed by atoms with E-state index in [-0.39, 0.29) is 0 Å². The van der Waals surface area contributed by atoms with E-state index < -0.39 is 0 Å². The van der Waals surface area contributed by atoms with Gasteiger partial charge in [0.15, 0.2) is 5.82 Å². The number of rotatable bonds is 8. The molecule has 0 saturated heterocycles. The first-order valence-corrected chi connectivity index (χ1v) is 7.82. The summed E-state index contributed by atoms with van der Waals surface area (Å²) in [6, 6.07) is 1.77. The van der Waals surface area contributed by atoms with Crippen LogP contribution in [-0.2, 0) is 29.6 Å². The zero-order valence-corrected chi connectivity index (χ0v) is 14.3. The first-order chi connectivity index (χ1) is 11.6. The van der Waals surface area contributed by atoms with Crippen molar-refractivity contribution in [1.29, 1.82) is 0 Å². The molecule has 0 unspecified atom stereocenters. The van der Waals surface area contributed by atoms with E-state index in [1.807, 2.05) is 0 Å². The van der Waals surface area contributed by atoms with E-state index in [1.165, 1.54) is 0 Å². The second-order valence-electron chi connectivity index (χ2n) is 5.05. The van der Waals surface area contributed by atoms with Crippen LogP contribution in [0.5, 0.6) is 0 Å². The molecule has 0 saturated carbocycles. The van der Waals surface area contributed by atoms with E-state index in [2.05, 4.69) is 34.7 Å². The number of nitrogen functional groups attached to an aromatic ring is 1. The average molecular weight is 335 g/mol. The lowest BCUT2D eigenvalue weighted by Crippen LogP contribution is -2.05. The third-order valence-corrected chi connectivity index (χ3v) is 3.20. The van der Waals surface area contributed by atoms with Gasteiger partial charge in [0.1, 0.15) is 5.82 Å². The van der Waals surface area contributed by atoms with E-state index in [9.17, 15) is 9.59 Å². The lowest BCUT2D eigenvalue weighted by molar-refractivity contribution is -0.106. The van der Waals surface area contributed by atoms with Crippen LogP contribution in [0, 0.1) is 0 Å². The summed E-state index contributed by atoms with van der Waals surface area (Å²) in [5.74, 6) is 1.32. The molecular formula is C15H25N7O2. The molecule has 0 aromatic carbocycles. The summed E-state index contributed by atoms with van der Waals surface area (Å²) in [4.78, 5) is 20.3. The van der Waals surface area contributed by atoms with Gasteiger partial charge in [-0.05, 0) is 12.8 Å². The Labute approximate surface area is 141 Å². The lowest BCUT2D eigenvalue weighted by atomic mass is 10.2. The molecule has 2 aromatic rings. The van der Waals surface area contributed by atoms with Crippen molar-refractivity contribution in [1.82, 2.24) is 19.6 Å². The number of carbonyl (C=O) groups is 2. The Morgan fingerprint density at radius 2 is 1.92 bits per heavy atom. The highest BCUT2D eigenvalue weighted by atomic mass is 16.1. The van der Waals surface area contributed by atoms with Gasteiger partial charge < -0.3 is 16.4 Å². The van der Waals surface area contributed by atoms with E-state index in [4.69, 9.17) is 5.73 Å². The topological polar surface area (TPSA) is 120 Å². The Bertz CT molecular complexity index is 648. The van der Waals surface area contributed by atoms with Crippen LogP contribution in [0.2, 0.25) is 0 Å². The molecule has 9 nitrogen and oxygen atoms in total. The monoisotopic (exact) mass is 335 g/mol. The molecule has 0 aliphatic carbocycles. The molecule has 2 heterocycles. The van der Waals surface area contributed by atoms with Crippen molar-refractivity contribution in [2.75, 3.05) is 16.4 Å². The smallest absolute Gasteiger partial charge is 0.212 e. The van der Waals surface area contributed by atoms with Gasteiger partial charge in [0.2, 0.25) is 12.8 Å². The minimum absolute atomic E-state index is 0.566. The van der Waals surface area contributed by atoms with Crippen LogP contribution in [0.4, 0.5) is 17.3 Å². The van der Waals surface area contributed by atoms with Gasteiger partial charge in [0, 0.05) is 19.7 Å². The molecule has 9 heteroatoms. The van der Waals surface area contributed by atoms with Crippen LogP contribution in [0.3, 0.4) is 0 Å². The van der Waals surface area contributed by atoms with E-state index in [1.54, 1.807) is 28.7 Å². The zero-order chi connectivity index (χ0) is 17.9. The maximum Gasteiger partial charge on any atom is 0.212 e. The molecule has 0 aliphatic rings. The van der Waals surface area contributed by atoms with E-state index in [0.29, 0.717) is 24.3 Å². The number of aromatic nitrogens is 4.